The van der Waals surface area contributed by atoms with Crippen molar-refractivity contribution in [3.63, 3.8) is 0 Å². The molecule has 0 saturated carbocycles. The van der Waals surface area contributed by atoms with Gasteiger partial charge in [-0.1, -0.05) is 53.8 Å². The number of thioether (sulfide) groups is 1. The van der Waals surface area contributed by atoms with Gasteiger partial charge < -0.3 is 0 Å². The Kier molecular flexibility index (Phi) is 4.66. The third kappa shape index (κ3) is 3.19. The number of nitro benzene ring substituents is 1. The lowest BCUT2D eigenvalue weighted by molar-refractivity contribution is -0.384. The number of non-ortho nitro benzene ring substituents is 1. The molecule has 1 aliphatic heterocycles. The smallest absolute Gasteiger partial charge is 0.268 e. The Hall–Kier alpha value is -2.22. The van der Waals surface area contributed by atoms with Gasteiger partial charge in [-0.25, -0.2) is 0 Å². The van der Waals surface area contributed by atoms with Crippen LogP contribution in [0.1, 0.15) is 5.56 Å². The van der Waals surface area contributed by atoms with Gasteiger partial charge in [0.1, 0.15) is 0 Å². The summed E-state index contributed by atoms with van der Waals surface area (Å²) >= 11 is 12.5. The van der Waals surface area contributed by atoms with Crippen molar-refractivity contribution in [3.05, 3.63) is 74.1 Å². The Bertz CT molecular complexity index is 884. The molecule has 2 aromatic rings. The number of halogens is 1. The Morgan fingerprint density at radius 1 is 1.21 bits per heavy atom. The highest BCUT2D eigenvalue weighted by atomic mass is 35.5. The summed E-state index contributed by atoms with van der Waals surface area (Å²) in [6.45, 7) is 0. The van der Waals surface area contributed by atoms with Gasteiger partial charge in [-0.15, -0.1) is 0 Å². The minimum absolute atomic E-state index is 0.0933. The number of anilines is 1. The largest absolute Gasteiger partial charge is 0.270 e. The molecule has 0 radical (unpaired) electrons. The van der Waals surface area contributed by atoms with Gasteiger partial charge in [-0.2, -0.15) is 0 Å². The molecular formula is C16H9ClN2O3S2. The van der Waals surface area contributed by atoms with Crippen LogP contribution in [0.3, 0.4) is 0 Å². The van der Waals surface area contributed by atoms with Gasteiger partial charge in [-0.05, 0) is 24.3 Å². The van der Waals surface area contributed by atoms with Crippen LogP contribution in [0.4, 0.5) is 11.4 Å². The van der Waals surface area contributed by atoms with E-state index in [-0.39, 0.29) is 11.6 Å². The monoisotopic (exact) mass is 376 g/mol. The first-order valence-electron chi connectivity index (χ1n) is 6.74. The number of hydrogen-bond donors (Lipinski definition) is 0. The van der Waals surface area contributed by atoms with Crippen molar-refractivity contribution < 1.29 is 9.72 Å². The third-order valence-corrected chi connectivity index (χ3v) is 4.93. The number of rotatable bonds is 3. The lowest BCUT2D eigenvalue weighted by Gasteiger charge is -2.13. The number of hydrogen-bond acceptors (Lipinski definition) is 5. The quantitative estimate of drug-likeness (QED) is 0.337. The van der Waals surface area contributed by atoms with Crippen LogP contribution < -0.4 is 4.90 Å². The second-order valence-corrected chi connectivity index (χ2v) is 6.90. The molecular weight excluding hydrogens is 368 g/mol. The van der Waals surface area contributed by atoms with Crippen LogP contribution in [0.25, 0.3) is 6.08 Å². The van der Waals surface area contributed by atoms with E-state index in [0.29, 0.717) is 25.5 Å². The van der Waals surface area contributed by atoms with Crippen molar-refractivity contribution >= 4 is 63.3 Å². The first-order valence-corrected chi connectivity index (χ1v) is 8.34. The Morgan fingerprint density at radius 3 is 2.58 bits per heavy atom. The van der Waals surface area contributed by atoms with E-state index in [2.05, 4.69) is 0 Å². The van der Waals surface area contributed by atoms with E-state index in [9.17, 15) is 14.9 Å². The van der Waals surface area contributed by atoms with Crippen molar-refractivity contribution in [2.24, 2.45) is 0 Å². The third-order valence-electron chi connectivity index (χ3n) is 3.29. The molecule has 0 unspecified atom stereocenters. The molecule has 1 saturated heterocycles. The van der Waals surface area contributed by atoms with Crippen LogP contribution in [0.2, 0.25) is 5.02 Å². The van der Waals surface area contributed by atoms with Crippen molar-refractivity contribution in [1.82, 2.24) is 0 Å². The van der Waals surface area contributed by atoms with Crippen LogP contribution in [0.15, 0.2) is 53.4 Å². The predicted octanol–water partition coefficient (Wildman–Crippen LogP) is 4.65. The summed E-state index contributed by atoms with van der Waals surface area (Å²) in [6, 6.07) is 13.1. The molecule has 0 aliphatic carbocycles. The average molecular weight is 377 g/mol. The molecule has 8 heteroatoms. The number of nitrogens with zero attached hydrogens (tertiary/aromatic N) is 2. The van der Waals surface area contributed by atoms with Crippen molar-refractivity contribution in [3.8, 4) is 0 Å². The van der Waals surface area contributed by atoms with Gasteiger partial charge in [-0.3, -0.25) is 19.8 Å². The fourth-order valence-corrected chi connectivity index (χ4v) is 3.63. The van der Waals surface area contributed by atoms with Crippen LogP contribution in [0.5, 0.6) is 0 Å². The molecule has 1 fully saturated rings. The van der Waals surface area contributed by atoms with Crippen LogP contribution in [-0.2, 0) is 4.79 Å². The minimum atomic E-state index is -0.511. The SMILES string of the molecule is O=C1C(=Cc2cc([N+](=O)[O-])ccc2Cl)SC(=S)N1c1ccccc1. The maximum absolute atomic E-state index is 12.6. The lowest BCUT2D eigenvalue weighted by Crippen LogP contribution is -2.27. The molecule has 0 spiro atoms. The van der Waals surface area contributed by atoms with Crippen LogP contribution in [-0.4, -0.2) is 15.2 Å². The normalized spacial score (nSPS) is 16.0. The molecule has 3 rings (SSSR count). The van der Waals surface area contributed by atoms with Gasteiger partial charge in [0, 0.05) is 22.7 Å². The molecule has 0 N–H and O–H groups in total. The molecule has 1 aliphatic rings. The summed E-state index contributed by atoms with van der Waals surface area (Å²) in [6.07, 6.45) is 1.53. The highest BCUT2D eigenvalue weighted by molar-refractivity contribution is 8.27. The van der Waals surface area contributed by atoms with Gasteiger partial charge >= 0.3 is 0 Å². The summed E-state index contributed by atoms with van der Waals surface area (Å²) in [5, 5.41) is 11.2. The van der Waals surface area contributed by atoms with Crippen molar-refractivity contribution in [2.45, 2.75) is 0 Å². The van der Waals surface area contributed by atoms with E-state index < -0.39 is 4.92 Å². The zero-order valence-corrected chi connectivity index (χ0v) is 14.4. The van der Waals surface area contributed by atoms with Crippen molar-refractivity contribution in [2.75, 3.05) is 4.90 Å². The number of thiocarbonyl (C=S) groups is 1. The Balaban J connectivity index is 1.98. The molecule has 1 heterocycles. The predicted molar refractivity (Wildman–Crippen MR) is 100 cm³/mol. The summed E-state index contributed by atoms with van der Waals surface area (Å²) in [4.78, 5) is 24.8. The molecule has 0 atom stereocenters. The maximum Gasteiger partial charge on any atom is 0.270 e. The Morgan fingerprint density at radius 2 is 1.92 bits per heavy atom. The molecule has 2 aromatic carbocycles. The minimum Gasteiger partial charge on any atom is -0.268 e. The van der Waals surface area contributed by atoms with Crippen LogP contribution in [0, 0.1) is 10.1 Å². The standard InChI is InChI=1S/C16H9ClN2O3S2/c17-13-7-6-12(19(21)22)8-10(13)9-14-15(20)18(16(23)24-14)11-4-2-1-3-5-11/h1-9H. The zero-order chi connectivity index (χ0) is 17.3. The van der Waals surface area contributed by atoms with E-state index in [0.717, 1.165) is 11.8 Å². The summed E-state index contributed by atoms with van der Waals surface area (Å²) in [5.74, 6) is -0.279. The van der Waals surface area contributed by atoms with Crippen LogP contribution >= 0.6 is 35.6 Å². The molecule has 0 bridgehead atoms. The molecule has 120 valence electrons. The number of nitro groups is 1. The summed E-state index contributed by atoms with van der Waals surface area (Å²) < 4.78 is 0.402. The van der Waals surface area contributed by atoms with Crippen molar-refractivity contribution in [1.29, 1.82) is 0 Å². The zero-order valence-electron chi connectivity index (χ0n) is 12.0. The topological polar surface area (TPSA) is 63.4 Å². The average Bonchev–Trinajstić information content (AvgIpc) is 2.84. The van der Waals surface area contributed by atoms with Gasteiger partial charge in [0.2, 0.25) is 0 Å². The lowest BCUT2D eigenvalue weighted by atomic mass is 10.2. The van der Waals surface area contributed by atoms with E-state index in [1.807, 2.05) is 18.2 Å². The fourth-order valence-electron chi connectivity index (χ4n) is 2.16. The maximum atomic E-state index is 12.6. The molecule has 1 amide bonds. The highest BCUT2D eigenvalue weighted by Crippen LogP contribution is 2.37. The second kappa shape index (κ2) is 6.72. The van der Waals surface area contributed by atoms with E-state index >= 15 is 0 Å². The summed E-state index contributed by atoms with van der Waals surface area (Å²) in [7, 11) is 0. The van der Waals surface area contributed by atoms with Gasteiger partial charge in [0.05, 0.1) is 15.5 Å². The number of para-hydroxylation sites is 1. The molecule has 0 aromatic heterocycles. The second-order valence-electron chi connectivity index (χ2n) is 4.82. The highest BCUT2D eigenvalue weighted by Gasteiger charge is 2.33. The first kappa shape index (κ1) is 16.6. The van der Waals surface area contributed by atoms with Gasteiger partial charge in [0.25, 0.3) is 11.6 Å². The molecule has 5 nitrogen and oxygen atoms in total. The number of carbonyl (C=O) groups is 1. The van der Waals surface area contributed by atoms with E-state index in [1.54, 1.807) is 12.1 Å². The Labute approximate surface area is 152 Å². The van der Waals surface area contributed by atoms with Gasteiger partial charge in [0.15, 0.2) is 4.32 Å². The van der Waals surface area contributed by atoms with E-state index in [1.165, 1.54) is 29.2 Å². The number of benzene rings is 2. The number of carbonyl (C=O) groups excluding carboxylic acids is 1. The van der Waals surface area contributed by atoms with E-state index in [4.69, 9.17) is 23.8 Å². The molecule has 24 heavy (non-hydrogen) atoms. The summed E-state index contributed by atoms with van der Waals surface area (Å²) in [5.41, 5.74) is 0.983. The number of amides is 1. The first-order chi connectivity index (χ1) is 11.5. The fraction of sp³-hybridized carbons (Fsp3) is 0.